The van der Waals surface area contributed by atoms with E-state index in [2.05, 4.69) is 16.3 Å². The van der Waals surface area contributed by atoms with Gasteiger partial charge in [-0.3, -0.25) is 9.69 Å². The van der Waals surface area contributed by atoms with E-state index in [-0.39, 0.29) is 5.91 Å². The monoisotopic (exact) mass is 298 g/mol. The van der Waals surface area contributed by atoms with E-state index in [9.17, 15) is 4.79 Å². The van der Waals surface area contributed by atoms with Crippen LogP contribution in [0, 0.1) is 0 Å². The number of nitrogens with zero attached hydrogens (tertiary/aromatic N) is 1. The largest absolute Gasteiger partial charge is 0.347 e. The molecule has 4 heteroatoms. The molecule has 3 nitrogen and oxygen atoms in total. The van der Waals surface area contributed by atoms with Gasteiger partial charge in [-0.2, -0.15) is 0 Å². The average Bonchev–Trinajstić information content (AvgIpc) is 3.16. The van der Waals surface area contributed by atoms with E-state index >= 15 is 0 Å². The third-order valence-electron chi connectivity index (χ3n) is 4.20. The summed E-state index contributed by atoms with van der Waals surface area (Å²) < 4.78 is 0. The van der Waals surface area contributed by atoms with Crippen LogP contribution in [-0.4, -0.2) is 16.8 Å². The van der Waals surface area contributed by atoms with Crippen molar-refractivity contribution >= 4 is 17.2 Å². The summed E-state index contributed by atoms with van der Waals surface area (Å²) in [7, 11) is 0. The fourth-order valence-corrected chi connectivity index (χ4v) is 3.98. The Balaban J connectivity index is 1.39. The maximum absolute atomic E-state index is 12.2. The van der Waals surface area contributed by atoms with Gasteiger partial charge in [0, 0.05) is 30.6 Å². The molecular formula is C17H18N2OS. The molecular weight excluding hydrogens is 280 g/mol. The zero-order valence-corrected chi connectivity index (χ0v) is 12.7. The van der Waals surface area contributed by atoms with Crippen molar-refractivity contribution in [1.29, 1.82) is 0 Å². The number of nitrogens with one attached hydrogen (secondary N) is 1. The highest BCUT2D eigenvalue weighted by Gasteiger charge is 2.34. The number of carbonyl (C=O) groups excluding carboxylic acids is 1. The fraction of sp³-hybridized carbons (Fsp3) is 0.353. The Kier molecular flexibility index (Phi) is 3.28. The number of fused-ring (bicyclic) bond motifs is 1. The Morgan fingerprint density at radius 3 is 2.76 bits per heavy atom. The van der Waals surface area contributed by atoms with Gasteiger partial charge in [-0.1, -0.05) is 30.3 Å². The van der Waals surface area contributed by atoms with Crippen LogP contribution in [-0.2, 0) is 19.6 Å². The summed E-state index contributed by atoms with van der Waals surface area (Å²) in [6, 6.07) is 12.9. The third kappa shape index (κ3) is 2.74. The van der Waals surface area contributed by atoms with Crippen molar-refractivity contribution in [2.75, 3.05) is 0 Å². The van der Waals surface area contributed by atoms with Crippen molar-refractivity contribution in [3.63, 3.8) is 0 Å². The molecule has 1 aliphatic carbocycles. The first-order valence-corrected chi connectivity index (χ1v) is 8.29. The minimum absolute atomic E-state index is 0.0521. The second-order valence-electron chi connectivity index (χ2n) is 5.86. The zero-order valence-electron chi connectivity index (χ0n) is 11.8. The molecule has 1 aromatic carbocycles. The Hall–Kier alpha value is -1.65. The lowest BCUT2D eigenvalue weighted by molar-refractivity contribution is 0.0955. The Bertz CT molecular complexity index is 637. The smallest absolute Gasteiger partial charge is 0.261 e. The zero-order chi connectivity index (χ0) is 14.2. The maximum Gasteiger partial charge on any atom is 0.261 e. The molecule has 1 saturated carbocycles. The lowest BCUT2D eigenvalue weighted by atomic mass is 10.2. The second-order valence-corrected chi connectivity index (χ2v) is 7.00. The molecule has 1 amide bonds. The van der Waals surface area contributed by atoms with E-state index in [0.717, 1.165) is 29.6 Å². The van der Waals surface area contributed by atoms with Gasteiger partial charge in [0.1, 0.15) is 0 Å². The topological polar surface area (TPSA) is 32.3 Å². The van der Waals surface area contributed by atoms with Crippen molar-refractivity contribution in [3.8, 4) is 0 Å². The van der Waals surface area contributed by atoms with E-state index < -0.39 is 0 Å². The molecule has 0 atom stereocenters. The van der Waals surface area contributed by atoms with E-state index in [1.807, 2.05) is 30.3 Å². The van der Waals surface area contributed by atoms with Gasteiger partial charge >= 0.3 is 0 Å². The lowest BCUT2D eigenvalue weighted by Gasteiger charge is -2.12. The van der Waals surface area contributed by atoms with Gasteiger partial charge in [0.2, 0.25) is 0 Å². The van der Waals surface area contributed by atoms with Crippen LogP contribution in [0.25, 0.3) is 0 Å². The van der Waals surface area contributed by atoms with Gasteiger partial charge in [-0.15, -0.1) is 11.3 Å². The van der Waals surface area contributed by atoms with E-state index in [1.54, 1.807) is 11.3 Å². The Morgan fingerprint density at radius 1 is 1.24 bits per heavy atom. The number of benzene rings is 1. The molecule has 0 bridgehead atoms. The third-order valence-corrected chi connectivity index (χ3v) is 5.36. The van der Waals surface area contributed by atoms with Gasteiger partial charge in [-0.05, 0) is 30.0 Å². The van der Waals surface area contributed by atoms with E-state index in [0.29, 0.717) is 6.54 Å². The standard InChI is InChI=1S/C17H18N2OS/c20-17(18-9-12-4-2-1-3-5-12)15-8-13-10-19(14-6-7-14)11-16(13)21-15/h1-5,8,14H,6-7,9-11H2,(H,18,20). The summed E-state index contributed by atoms with van der Waals surface area (Å²) in [5.74, 6) is 0.0521. The van der Waals surface area contributed by atoms with Gasteiger partial charge in [-0.25, -0.2) is 0 Å². The molecule has 1 N–H and O–H groups in total. The molecule has 1 aliphatic heterocycles. The van der Waals surface area contributed by atoms with E-state index in [4.69, 9.17) is 0 Å². The number of carbonyl (C=O) groups is 1. The van der Waals surface area contributed by atoms with Crippen LogP contribution in [0.15, 0.2) is 36.4 Å². The van der Waals surface area contributed by atoms with Gasteiger partial charge in [0.05, 0.1) is 4.88 Å². The van der Waals surface area contributed by atoms with Gasteiger partial charge < -0.3 is 5.32 Å². The minimum atomic E-state index is 0.0521. The van der Waals surface area contributed by atoms with Crippen molar-refractivity contribution in [3.05, 3.63) is 57.3 Å². The molecule has 1 aromatic heterocycles. The highest BCUT2D eigenvalue weighted by atomic mass is 32.1. The van der Waals surface area contributed by atoms with Crippen LogP contribution in [0.1, 0.15) is 38.5 Å². The fourth-order valence-electron chi connectivity index (χ4n) is 2.87. The lowest BCUT2D eigenvalue weighted by Crippen LogP contribution is -2.22. The number of rotatable bonds is 4. The highest BCUT2D eigenvalue weighted by molar-refractivity contribution is 7.14. The van der Waals surface area contributed by atoms with Crippen molar-refractivity contribution < 1.29 is 4.79 Å². The first kappa shape index (κ1) is 13.0. The molecule has 21 heavy (non-hydrogen) atoms. The summed E-state index contributed by atoms with van der Waals surface area (Å²) in [5.41, 5.74) is 2.49. The van der Waals surface area contributed by atoms with Crippen LogP contribution in [0.3, 0.4) is 0 Å². The van der Waals surface area contributed by atoms with Gasteiger partial charge in [0.25, 0.3) is 5.91 Å². The van der Waals surface area contributed by atoms with Crippen molar-refractivity contribution in [2.24, 2.45) is 0 Å². The van der Waals surface area contributed by atoms with Crippen LogP contribution < -0.4 is 5.32 Å². The predicted molar refractivity (Wildman–Crippen MR) is 84.2 cm³/mol. The molecule has 1 fully saturated rings. The molecule has 0 unspecified atom stereocenters. The molecule has 2 aliphatic rings. The number of amides is 1. The predicted octanol–water partition coefficient (Wildman–Crippen LogP) is 3.16. The quantitative estimate of drug-likeness (QED) is 0.940. The summed E-state index contributed by atoms with van der Waals surface area (Å²) in [4.78, 5) is 17.0. The number of hydrogen-bond acceptors (Lipinski definition) is 3. The Morgan fingerprint density at radius 2 is 2.05 bits per heavy atom. The van der Waals surface area contributed by atoms with Gasteiger partial charge in [0.15, 0.2) is 0 Å². The highest BCUT2D eigenvalue weighted by Crippen LogP contribution is 2.38. The molecule has 108 valence electrons. The summed E-state index contributed by atoms with van der Waals surface area (Å²) in [5, 5.41) is 3.01. The van der Waals surface area contributed by atoms with Crippen LogP contribution in [0.4, 0.5) is 0 Å². The Labute approximate surface area is 128 Å². The summed E-state index contributed by atoms with van der Waals surface area (Å²) in [6.07, 6.45) is 2.69. The molecule has 2 aromatic rings. The SMILES string of the molecule is O=C(NCc1ccccc1)c1cc2c(s1)CN(C1CC1)C2. The summed E-state index contributed by atoms with van der Waals surface area (Å²) >= 11 is 1.66. The normalized spacial score (nSPS) is 17.7. The molecule has 0 spiro atoms. The molecule has 0 saturated heterocycles. The van der Waals surface area contributed by atoms with E-state index in [1.165, 1.54) is 23.3 Å². The second kappa shape index (κ2) is 5.28. The maximum atomic E-state index is 12.2. The molecule has 0 radical (unpaired) electrons. The van der Waals surface area contributed by atoms with Crippen LogP contribution >= 0.6 is 11.3 Å². The number of hydrogen-bond donors (Lipinski definition) is 1. The summed E-state index contributed by atoms with van der Waals surface area (Å²) in [6.45, 7) is 2.66. The number of thiophene rings is 1. The van der Waals surface area contributed by atoms with Crippen LogP contribution in [0.5, 0.6) is 0 Å². The first-order valence-electron chi connectivity index (χ1n) is 7.47. The average molecular weight is 298 g/mol. The van der Waals surface area contributed by atoms with Crippen LogP contribution in [0.2, 0.25) is 0 Å². The molecule has 2 heterocycles. The first-order chi connectivity index (χ1) is 10.3. The minimum Gasteiger partial charge on any atom is -0.347 e. The van der Waals surface area contributed by atoms with Crippen molar-refractivity contribution in [2.45, 2.75) is 38.5 Å². The van der Waals surface area contributed by atoms with Crippen molar-refractivity contribution in [1.82, 2.24) is 10.2 Å². The molecule has 4 rings (SSSR count).